The molecule has 88 valence electrons. The van der Waals surface area contributed by atoms with Crippen molar-refractivity contribution in [1.82, 2.24) is 4.57 Å². The minimum Gasteiger partial charge on any atom is -0.350 e. The smallest absolute Gasteiger partial charge is 0.0313 e. The highest BCUT2D eigenvalue weighted by Gasteiger charge is 2.19. The molecule has 1 unspecified atom stereocenters. The third kappa shape index (κ3) is 2.53. The highest BCUT2D eigenvalue weighted by atomic mass is 32.2. The van der Waals surface area contributed by atoms with E-state index in [0.29, 0.717) is 0 Å². The highest BCUT2D eigenvalue weighted by molar-refractivity contribution is 7.99. The van der Waals surface area contributed by atoms with E-state index in [0.717, 1.165) is 24.5 Å². The van der Waals surface area contributed by atoms with Gasteiger partial charge in [-0.15, -0.1) is 6.58 Å². The predicted octanol–water partition coefficient (Wildman–Crippen LogP) is 2.74. The van der Waals surface area contributed by atoms with Crippen LogP contribution in [0.3, 0.4) is 0 Å². The number of rotatable bonds is 5. The molecular formula is C13H20N2S. The van der Waals surface area contributed by atoms with Crippen LogP contribution in [0.4, 0.5) is 0 Å². The third-order valence-electron chi connectivity index (χ3n) is 3.15. The lowest BCUT2D eigenvalue weighted by Gasteiger charge is -2.20. The number of aryl methyl sites for hydroxylation is 1. The van der Waals surface area contributed by atoms with Gasteiger partial charge in [0, 0.05) is 36.0 Å². The molecule has 0 bridgehead atoms. The summed E-state index contributed by atoms with van der Waals surface area (Å²) in [6, 6.07) is 2.47. The Balaban J connectivity index is 1.97. The monoisotopic (exact) mass is 236 g/mol. The Kier molecular flexibility index (Phi) is 4.13. The molecule has 16 heavy (non-hydrogen) atoms. The molecular weight excluding hydrogens is 216 g/mol. The maximum Gasteiger partial charge on any atom is 0.0313 e. The molecule has 0 radical (unpaired) electrons. The van der Waals surface area contributed by atoms with Crippen LogP contribution in [0, 0.1) is 0 Å². The van der Waals surface area contributed by atoms with Gasteiger partial charge in [0.25, 0.3) is 0 Å². The summed E-state index contributed by atoms with van der Waals surface area (Å²) in [6.07, 6.45) is 7.73. The first kappa shape index (κ1) is 11.8. The zero-order chi connectivity index (χ0) is 11.4. The van der Waals surface area contributed by atoms with Crippen molar-refractivity contribution in [2.75, 3.05) is 11.5 Å². The van der Waals surface area contributed by atoms with Crippen molar-refractivity contribution in [2.24, 2.45) is 5.73 Å². The zero-order valence-electron chi connectivity index (χ0n) is 9.69. The van der Waals surface area contributed by atoms with Crippen molar-refractivity contribution in [3.63, 3.8) is 0 Å². The third-order valence-corrected chi connectivity index (χ3v) is 4.10. The lowest BCUT2D eigenvalue weighted by atomic mass is 9.94. The second-order valence-electron chi connectivity index (χ2n) is 4.27. The summed E-state index contributed by atoms with van der Waals surface area (Å²) in [6.45, 7) is 4.83. The van der Waals surface area contributed by atoms with Gasteiger partial charge in [0.15, 0.2) is 0 Å². The summed E-state index contributed by atoms with van der Waals surface area (Å²) < 4.78 is 2.38. The first-order chi connectivity index (χ1) is 7.83. The Bertz CT molecular complexity index is 357. The van der Waals surface area contributed by atoms with E-state index in [2.05, 4.69) is 23.4 Å². The molecule has 0 aromatic carbocycles. The van der Waals surface area contributed by atoms with Crippen LogP contribution in [0.15, 0.2) is 24.9 Å². The number of hydrogen-bond acceptors (Lipinski definition) is 2. The molecule has 1 aromatic rings. The lowest BCUT2D eigenvalue weighted by molar-refractivity contribution is 0.545. The van der Waals surface area contributed by atoms with E-state index in [9.17, 15) is 0 Å². The van der Waals surface area contributed by atoms with Crippen molar-refractivity contribution in [3.8, 4) is 0 Å². The van der Waals surface area contributed by atoms with E-state index in [4.69, 9.17) is 5.73 Å². The second-order valence-corrected chi connectivity index (χ2v) is 5.42. The standard InChI is InChI=1S/C13H20N2S/c1-2-9-16-10-8-15-7-6-11-12(14)4-3-5-13(11)15/h2,6-7,12H,1,3-5,8-10,14H2. The average Bonchev–Trinajstić information content (AvgIpc) is 2.70. The van der Waals surface area contributed by atoms with Crippen LogP contribution in [0.1, 0.15) is 30.1 Å². The van der Waals surface area contributed by atoms with Crippen LogP contribution in [0.2, 0.25) is 0 Å². The first-order valence-corrected chi connectivity index (χ1v) is 7.10. The Morgan fingerprint density at radius 2 is 2.50 bits per heavy atom. The van der Waals surface area contributed by atoms with Crippen LogP contribution in [0.25, 0.3) is 0 Å². The molecule has 1 aliphatic rings. The van der Waals surface area contributed by atoms with Crippen LogP contribution in [0.5, 0.6) is 0 Å². The summed E-state index contributed by atoms with van der Waals surface area (Å²) >= 11 is 1.93. The molecule has 3 heteroatoms. The topological polar surface area (TPSA) is 30.9 Å². The van der Waals surface area contributed by atoms with E-state index < -0.39 is 0 Å². The molecule has 1 aliphatic carbocycles. The highest BCUT2D eigenvalue weighted by Crippen LogP contribution is 2.28. The van der Waals surface area contributed by atoms with E-state index in [1.807, 2.05) is 17.8 Å². The largest absolute Gasteiger partial charge is 0.350 e. The summed E-state index contributed by atoms with van der Waals surface area (Å²) in [4.78, 5) is 0. The van der Waals surface area contributed by atoms with Gasteiger partial charge in [-0.3, -0.25) is 0 Å². The van der Waals surface area contributed by atoms with Crippen molar-refractivity contribution >= 4 is 11.8 Å². The fraction of sp³-hybridized carbons (Fsp3) is 0.538. The molecule has 1 heterocycles. The molecule has 2 nitrogen and oxygen atoms in total. The summed E-state index contributed by atoms with van der Waals surface area (Å²) in [5, 5.41) is 0. The van der Waals surface area contributed by atoms with Crippen molar-refractivity contribution in [3.05, 3.63) is 36.2 Å². The normalized spacial score (nSPS) is 19.4. The predicted molar refractivity (Wildman–Crippen MR) is 71.8 cm³/mol. The minimum absolute atomic E-state index is 0.269. The molecule has 1 atom stereocenters. The number of aromatic nitrogens is 1. The second kappa shape index (κ2) is 5.60. The zero-order valence-corrected chi connectivity index (χ0v) is 10.5. The maximum absolute atomic E-state index is 6.10. The average molecular weight is 236 g/mol. The molecule has 2 N–H and O–H groups in total. The Labute approximate surface area is 102 Å². The summed E-state index contributed by atoms with van der Waals surface area (Å²) in [5.74, 6) is 2.20. The number of nitrogens with two attached hydrogens (primary N) is 1. The van der Waals surface area contributed by atoms with Gasteiger partial charge < -0.3 is 10.3 Å². The van der Waals surface area contributed by atoms with E-state index in [1.165, 1.54) is 24.1 Å². The lowest BCUT2D eigenvalue weighted by Crippen LogP contribution is -2.18. The van der Waals surface area contributed by atoms with Gasteiger partial charge in [-0.25, -0.2) is 0 Å². The Morgan fingerprint density at radius 3 is 3.31 bits per heavy atom. The van der Waals surface area contributed by atoms with Crippen molar-refractivity contribution in [1.29, 1.82) is 0 Å². The Morgan fingerprint density at radius 1 is 1.62 bits per heavy atom. The molecule has 2 rings (SSSR count). The molecule has 0 amide bonds. The molecule has 1 aromatic heterocycles. The number of thioether (sulfide) groups is 1. The van der Waals surface area contributed by atoms with Crippen molar-refractivity contribution in [2.45, 2.75) is 31.8 Å². The number of fused-ring (bicyclic) bond motifs is 1. The first-order valence-electron chi connectivity index (χ1n) is 5.95. The van der Waals surface area contributed by atoms with Gasteiger partial charge in [-0.05, 0) is 30.9 Å². The van der Waals surface area contributed by atoms with Gasteiger partial charge in [-0.2, -0.15) is 11.8 Å². The molecule has 0 fully saturated rings. The van der Waals surface area contributed by atoms with Gasteiger partial charge in [0.05, 0.1) is 0 Å². The van der Waals surface area contributed by atoms with Crippen LogP contribution >= 0.6 is 11.8 Å². The van der Waals surface area contributed by atoms with E-state index in [-0.39, 0.29) is 6.04 Å². The minimum atomic E-state index is 0.269. The molecule has 0 aliphatic heterocycles. The van der Waals surface area contributed by atoms with E-state index >= 15 is 0 Å². The molecule has 0 saturated carbocycles. The Hall–Kier alpha value is -0.670. The van der Waals surface area contributed by atoms with Crippen LogP contribution in [-0.4, -0.2) is 16.1 Å². The molecule has 0 spiro atoms. The molecule has 0 saturated heterocycles. The maximum atomic E-state index is 6.10. The quantitative estimate of drug-likeness (QED) is 0.629. The number of nitrogens with zero attached hydrogens (tertiary/aromatic N) is 1. The van der Waals surface area contributed by atoms with Crippen LogP contribution < -0.4 is 5.73 Å². The van der Waals surface area contributed by atoms with Gasteiger partial charge in [0.1, 0.15) is 0 Å². The fourth-order valence-corrected chi connectivity index (χ4v) is 2.99. The summed E-state index contributed by atoms with van der Waals surface area (Å²) in [5.41, 5.74) is 8.95. The summed E-state index contributed by atoms with van der Waals surface area (Å²) in [7, 11) is 0. The van der Waals surface area contributed by atoms with Gasteiger partial charge in [0.2, 0.25) is 0 Å². The van der Waals surface area contributed by atoms with Crippen molar-refractivity contribution < 1.29 is 0 Å². The van der Waals surface area contributed by atoms with Gasteiger partial charge >= 0.3 is 0 Å². The SMILES string of the molecule is C=CCSCCn1ccc2c1CCCC2N. The number of hydrogen-bond donors (Lipinski definition) is 1. The fourth-order valence-electron chi connectivity index (χ4n) is 2.33. The van der Waals surface area contributed by atoms with Gasteiger partial charge in [-0.1, -0.05) is 6.08 Å². The van der Waals surface area contributed by atoms with E-state index in [1.54, 1.807) is 0 Å². The van der Waals surface area contributed by atoms with Crippen LogP contribution in [-0.2, 0) is 13.0 Å².